The molecule has 0 bridgehead atoms. The molecule has 0 aliphatic rings. The van der Waals surface area contributed by atoms with Crippen LogP contribution in [0.5, 0.6) is 5.95 Å². The Morgan fingerprint density at radius 1 is 1.26 bits per heavy atom. The first-order chi connectivity index (χ1) is 12.8. The minimum Gasteiger partial charge on any atom is -0.538 e. The van der Waals surface area contributed by atoms with Gasteiger partial charge in [-0.05, 0) is 48.5 Å². The van der Waals surface area contributed by atoms with Crippen LogP contribution in [-0.2, 0) is 4.79 Å². The summed E-state index contributed by atoms with van der Waals surface area (Å²) in [6, 6.07) is 12.2. The van der Waals surface area contributed by atoms with Crippen LogP contribution in [-0.4, -0.2) is 16.4 Å². The van der Waals surface area contributed by atoms with Crippen LogP contribution in [0.2, 0.25) is 10.0 Å². The molecular formula is C18H15Cl2N3O3S. The van der Waals surface area contributed by atoms with E-state index in [0.29, 0.717) is 21.4 Å². The molecule has 1 unspecified atom stereocenters. The number of hydrogen-bond acceptors (Lipinski definition) is 5. The Bertz CT molecular complexity index is 976. The van der Waals surface area contributed by atoms with E-state index in [-0.39, 0.29) is 10.9 Å². The Kier molecular flexibility index (Phi) is 5.94. The minimum atomic E-state index is -0.610. The monoisotopic (exact) mass is 423 g/mol. The fourth-order valence-corrected chi connectivity index (χ4v) is 3.45. The molecule has 1 atom stereocenters. The molecule has 0 spiro atoms. The lowest BCUT2D eigenvalue weighted by atomic mass is 10.2. The number of rotatable bonds is 5. The normalized spacial score (nSPS) is 12.0. The number of nitrogens with one attached hydrogen (secondary N) is 1. The number of amides is 1. The molecule has 3 rings (SSSR count). The van der Waals surface area contributed by atoms with Crippen LogP contribution < -0.4 is 15.1 Å². The second kappa shape index (κ2) is 8.21. The zero-order valence-electron chi connectivity index (χ0n) is 14.4. The lowest BCUT2D eigenvalue weighted by molar-refractivity contribution is -0.705. The van der Waals surface area contributed by atoms with Gasteiger partial charge in [0.2, 0.25) is 11.6 Å². The van der Waals surface area contributed by atoms with Gasteiger partial charge in [-0.2, -0.15) is 0 Å². The summed E-state index contributed by atoms with van der Waals surface area (Å²) in [6.07, 6.45) is 0. The van der Waals surface area contributed by atoms with E-state index in [1.807, 2.05) is 31.2 Å². The highest BCUT2D eigenvalue weighted by molar-refractivity contribution is 8.00. The van der Waals surface area contributed by atoms with E-state index >= 15 is 0 Å². The van der Waals surface area contributed by atoms with E-state index in [2.05, 4.69) is 10.6 Å². The quantitative estimate of drug-likeness (QED) is 0.498. The molecule has 0 saturated carbocycles. The summed E-state index contributed by atoms with van der Waals surface area (Å²) in [6.45, 7) is 3.63. The van der Waals surface area contributed by atoms with Gasteiger partial charge in [0.15, 0.2) is 5.95 Å². The fourth-order valence-electron chi connectivity index (χ4n) is 2.24. The zero-order valence-corrected chi connectivity index (χ0v) is 16.7. The SMILES string of the molecule is Cc1ccc(-[n+]2noc([O-])c2SC(C)C(=O)Nc2cc(Cl)ccc2Cl)cc1. The summed E-state index contributed by atoms with van der Waals surface area (Å²) in [5, 5.41) is 19.0. The van der Waals surface area contributed by atoms with Crippen molar-refractivity contribution in [2.75, 3.05) is 5.32 Å². The first-order valence-electron chi connectivity index (χ1n) is 7.94. The van der Waals surface area contributed by atoms with Crippen LogP contribution in [0.15, 0.2) is 52.0 Å². The van der Waals surface area contributed by atoms with Crippen LogP contribution in [0.3, 0.4) is 0 Å². The maximum atomic E-state index is 12.5. The number of nitrogens with zero attached hydrogens (tertiary/aromatic N) is 2. The van der Waals surface area contributed by atoms with E-state index in [4.69, 9.17) is 27.7 Å². The summed E-state index contributed by atoms with van der Waals surface area (Å²) in [4.78, 5) is 12.5. The summed E-state index contributed by atoms with van der Waals surface area (Å²) in [7, 11) is 0. The molecule has 0 aliphatic carbocycles. The van der Waals surface area contributed by atoms with Crippen molar-refractivity contribution in [3.05, 3.63) is 58.1 Å². The van der Waals surface area contributed by atoms with Crippen molar-refractivity contribution in [3.8, 4) is 11.6 Å². The van der Waals surface area contributed by atoms with Crippen molar-refractivity contribution in [2.24, 2.45) is 0 Å². The fraction of sp³-hybridized carbons (Fsp3) is 0.167. The van der Waals surface area contributed by atoms with Crippen molar-refractivity contribution in [3.63, 3.8) is 0 Å². The smallest absolute Gasteiger partial charge is 0.298 e. The van der Waals surface area contributed by atoms with Crippen LogP contribution in [0.25, 0.3) is 5.69 Å². The third-order valence-corrected chi connectivity index (χ3v) is 5.39. The van der Waals surface area contributed by atoms with E-state index in [0.717, 1.165) is 17.3 Å². The van der Waals surface area contributed by atoms with Gasteiger partial charge >= 0.3 is 0 Å². The Labute approximate surface area is 170 Å². The molecule has 0 fully saturated rings. The van der Waals surface area contributed by atoms with Crippen molar-refractivity contribution in [1.29, 1.82) is 0 Å². The molecule has 9 heteroatoms. The Morgan fingerprint density at radius 3 is 2.67 bits per heavy atom. The molecule has 0 aliphatic heterocycles. The first kappa shape index (κ1) is 19.5. The third-order valence-electron chi connectivity index (χ3n) is 3.69. The number of aryl methyl sites for hydroxylation is 1. The van der Waals surface area contributed by atoms with Crippen LogP contribution >= 0.6 is 35.0 Å². The minimum absolute atomic E-state index is 0.207. The zero-order chi connectivity index (χ0) is 19.6. The molecule has 1 amide bonds. The van der Waals surface area contributed by atoms with Gasteiger partial charge in [0.25, 0.3) is 5.03 Å². The van der Waals surface area contributed by atoms with Gasteiger partial charge in [-0.1, -0.05) is 40.9 Å². The van der Waals surface area contributed by atoms with Gasteiger partial charge in [-0.25, -0.2) is 0 Å². The number of benzene rings is 2. The average molecular weight is 424 g/mol. The molecule has 1 N–H and O–H groups in total. The van der Waals surface area contributed by atoms with Crippen LogP contribution in [0.4, 0.5) is 5.69 Å². The molecule has 0 saturated heterocycles. The topological polar surface area (TPSA) is 82.1 Å². The van der Waals surface area contributed by atoms with Crippen molar-refractivity contribution >= 4 is 46.6 Å². The third kappa shape index (κ3) is 4.55. The lowest BCUT2D eigenvalue weighted by Gasteiger charge is -2.11. The molecule has 0 radical (unpaired) electrons. The van der Waals surface area contributed by atoms with Crippen LogP contribution in [0, 0.1) is 6.92 Å². The Balaban J connectivity index is 1.78. The number of carbonyl (C=O) groups excluding carboxylic acids is 1. The summed E-state index contributed by atoms with van der Waals surface area (Å²) in [5.74, 6) is -0.943. The molecule has 1 aromatic heterocycles. The number of anilines is 1. The largest absolute Gasteiger partial charge is 0.538 e. The molecule has 140 valence electrons. The highest BCUT2D eigenvalue weighted by atomic mass is 35.5. The summed E-state index contributed by atoms with van der Waals surface area (Å²) < 4.78 is 6.16. The standard InChI is InChI=1S/C18H15Cl2N3O3S/c1-10-3-6-13(7-4-10)23-17(18(25)26-22-23)27-11(2)16(24)21-15-9-12(19)5-8-14(15)20/h3-9,11H,1-2H3,(H-,21,22,24,25). The molecule has 3 aromatic rings. The van der Waals surface area contributed by atoms with Gasteiger partial charge in [-0.15, -0.1) is 0 Å². The van der Waals surface area contributed by atoms with E-state index in [1.54, 1.807) is 25.1 Å². The predicted molar refractivity (Wildman–Crippen MR) is 103 cm³/mol. The maximum absolute atomic E-state index is 12.5. The summed E-state index contributed by atoms with van der Waals surface area (Å²) in [5.41, 5.74) is 2.14. The van der Waals surface area contributed by atoms with Crippen molar-refractivity contribution in [1.82, 2.24) is 5.27 Å². The van der Waals surface area contributed by atoms with Gasteiger partial charge in [0.05, 0.1) is 21.2 Å². The first-order valence-corrected chi connectivity index (χ1v) is 9.57. The lowest BCUT2D eigenvalue weighted by Crippen LogP contribution is -2.36. The average Bonchev–Trinajstić information content (AvgIpc) is 2.99. The summed E-state index contributed by atoms with van der Waals surface area (Å²) >= 11 is 13.1. The highest BCUT2D eigenvalue weighted by Crippen LogP contribution is 2.30. The van der Waals surface area contributed by atoms with Gasteiger partial charge < -0.3 is 14.9 Å². The molecule has 1 heterocycles. The molecule has 6 nitrogen and oxygen atoms in total. The Hall–Kier alpha value is -2.22. The molecular weight excluding hydrogens is 409 g/mol. The van der Waals surface area contributed by atoms with Gasteiger partial charge in [0, 0.05) is 17.2 Å². The Morgan fingerprint density at radius 2 is 1.96 bits per heavy atom. The van der Waals surface area contributed by atoms with Crippen LogP contribution in [0.1, 0.15) is 12.5 Å². The van der Waals surface area contributed by atoms with E-state index < -0.39 is 11.2 Å². The predicted octanol–water partition coefficient (Wildman–Crippen LogP) is 3.76. The number of hydrogen-bond donors (Lipinski definition) is 1. The highest BCUT2D eigenvalue weighted by Gasteiger charge is 2.26. The van der Waals surface area contributed by atoms with E-state index in [1.165, 1.54) is 4.68 Å². The second-order valence-electron chi connectivity index (χ2n) is 5.79. The van der Waals surface area contributed by atoms with Gasteiger partial charge in [0.1, 0.15) is 0 Å². The second-order valence-corrected chi connectivity index (χ2v) is 7.96. The number of thioether (sulfide) groups is 1. The number of aromatic nitrogens is 2. The number of carbonyl (C=O) groups is 1. The van der Waals surface area contributed by atoms with E-state index in [9.17, 15) is 9.90 Å². The molecule has 2 aromatic carbocycles. The van der Waals surface area contributed by atoms with Gasteiger partial charge in [-0.3, -0.25) is 4.79 Å². The van der Waals surface area contributed by atoms with Crippen molar-refractivity contribution in [2.45, 2.75) is 24.1 Å². The number of halogens is 2. The molecule has 27 heavy (non-hydrogen) atoms. The maximum Gasteiger partial charge on any atom is 0.298 e. The van der Waals surface area contributed by atoms with Crippen molar-refractivity contribution < 1.29 is 19.1 Å².